The minimum atomic E-state index is -1.51. The molecule has 2 aliphatic heterocycles. The lowest BCUT2D eigenvalue weighted by molar-refractivity contribution is -0.125. The van der Waals surface area contributed by atoms with Gasteiger partial charge in [0.2, 0.25) is 0 Å². The van der Waals surface area contributed by atoms with E-state index in [9.17, 15) is 14.4 Å². The Morgan fingerprint density at radius 3 is 2.78 bits per heavy atom. The molecule has 3 heterocycles. The Bertz CT molecular complexity index is 982. The van der Waals surface area contributed by atoms with Crippen LogP contribution in [-0.2, 0) is 16.9 Å². The topological polar surface area (TPSA) is 114 Å². The lowest BCUT2D eigenvalue weighted by Crippen LogP contribution is -2.53. The maximum atomic E-state index is 12.9. The molecule has 0 spiro atoms. The van der Waals surface area contributed by atoms with Crippen molar-refractivity contribution in [1.82, 2.24) is 25.5 Å². The van der Waals surface area contributed by atoms with E-state index < -0.39 is 17.5 Å². The smallest absolute Gasteiger partial charge is 0.322 e. The van der Waals surface area contributed by atoms with Gasteiger partial charge in [-0.3, -0.25) is 14.9 Å². The fourth-order valence-electron chi connectivity index (χ4n) is 3.33. The fraction of sp³-hybridized carbons (Fsp3) is 0.235. The van der Waals surface area contributed by atoms with Gasteiger partial charge in [-0.25, -0.2) is 14.8 Å². The monoisotopic (exact) mass is 385 g/mol. The van der Waals surface area contributed by atoms with Crippen LogP contribution in [0.15, 0.2) is 35.6 Å². The Balaban J connectivity index is 1.71. The number of aromatic nitrogens is 2. The summed E-state index contributed by atoms with van der Waals surface area (Å²) in [5, 5.41) is 4.99. The quantitative estimate of drug-likeness (QED) is 0.400. The van der Waals surface area contributed by atoms with Crippen LogP contribution in [0.1, 0.15) is 21.6 Å². The van der Waals surface area contributed by atoms with Crippen molar-refractivity contribution in [2.45, 2.75) is 17.2 Å². The summed E-state index contributed by atoms with van der Waals surface area (Å²) in [5.74, 6) is -0.265. The molecule has 10 heteroatoms. The third kappa shape index (κ3) is 2.78. The molecule has 2 aliphatic rings. The summed E-state index contributed by atoms with van der Waals surface area (Å²) in [6, 6.07) is 6.11. The number of carbonyl (C=O) groups excluding carboxylic acids is 3. The van der Waals surface area contributed by atoms with Crippen molar-refractivity contribution in [3.63, 3.8) is 0 Å². The van der Waals surface area contributed by atoms with E-state index in [1.165, 1.54) is 24.3 Å². The van der Waals surface area contributed by atoms with E-state index in [0.717, 1.165) is 5.56 Å². The number of thiol groups is 1. The van der Waals surface area contributed by atoms with Crippen LogP contribution in [0.25, 0.3) is 0 Å². The molecule has 138 valence electrons. The van der Waals surface area contributed by atoms with E-state index >= 15 is 0 Å². The molecule has 0 aliphatic carbocycles. The number of carbonyl (C=O) groups is 3. The SMILES string of the molecule is COc1ccc2c(c1)C(=O)N(C[C@@]1(c3ccnc(S)n3)NC(=O)NC1=O)C2. The summed E-state index contributed by atoms with van der Waals surface area (Å²) in [6.07, 6.45) is 1.44. The van der Waals surface area contributed by atoms with E-state index in [-0.39, 0.29) is 23.3 Å². The van der Waals surface area contributed by atoms with E-state index in [2.05, 4.69) is 33.2 Å². The number of rotatable bonds is 4. The Labute approximate surface area is 159 Å². The number of benzene rings is 1. The van der Waals surface area contributed by atoms with Crippen molar-refractivity contribution in [3.8, 4) is 5.75 Å². The molecule has 2 aromatic rings. The molecule has 1 aromatic heterocycles. The molecule has 0 radical (unpaired) electrons. The number of urea groups is 1. The van der Waals surface area contributed by atoms with E-state index in [4.69, 9.17) is 4.74 Å². The number of ether oxygens (including phenoxy) is 1. The summed E-state index contributed by atoms with van der Waals surface area (Å²) in [6.45, 7) is 0.229. The van der Waals surface area contributed by atoms with Gasteiger partial charge in [0, 0.05) is 18.3 Å². The van der Waals surface area contributed by atoms with Crippen molar-refractivity contribution >= 4 is 30.5 Å². The van der Waals surface area contributed by atoms with Crippen LogP contribution >= 0.6 is 12.6 Å². The maximum Gasteiger partial charge on any atom is 0.322 e. The van der Waals surface area contributed by atoms with Gasteiger partial charge in [-0.2, -0.15) is 0 Å². The summed E-state index contributed by atoms with van der Waals surface area (Å²) in [7, 11) is 1.52. The summed E-state index contributed by atoms with van der Waals surface area (Å²) in [4.78, 5) is 46.9. The predicted octanol–water partition coefficient (Wildman–Crippen LogP) is 0.465. The van der Waals surface area contributed by atoms with Crippen LogP contribution in [0.2, 0.25) is 0 Å². The number of methoxy groups -OCH3 is 1. The normalized spacial score (nSPS) is 21.1. The molecule has 0 saturated carbocycles. The van der Waals surface area contributed by atoms with Crippen molar-refractivity contribution < 1.29 is 19.1 Å². The highest BCUT2D eigenvalue weighted by Crippen LogP contribution is 2.31. The van der Waals surface area contributed by atoms with Crippen molar-refractivity contribution in [2.75, 3.05) is 13.7 Å². The van der Waals surface area contributed by atoms with Crippen molar-refractivity contribution in [2.24, 2.45) is 0 Å². The first kappa shape index (κ1) is 17.3. The fourth-order valence-corrected chi connectivity index (χ4v) is 3.51. The number of imide groups is 1. The third-order valence-corrected chi connectivity index (χ3v) is 4.86. The first-order chi connectivity index (χ1) is 12.9. The molecule has 1 aromatic carbocycles. The number of hydrogen-bond donors (Lipinski definition) is 3. The van der Waals surface area contributed by atoms with Crippen LogP contribution in [0.3, 0.4) is 0 Å². The number of nitrogens with one attached hydrogen (secondary N) is 2. The van der Waals surface area contributed by atoms with Gasteiger partial charge < -0.3 is 15.0 Å². The Morgan fingerprint density at radius 2 is 2.11 bits per heavy atom. The lowest BCUT2D eigenvalue weighted by Gasteiger charge is -2.30. The van der Waals surface area contributed by atoms with Crippen LogP contribution in [0.4, 0.5) is 4.79 Å². The Kier molecular flexibility index (Phi) is 3.99. The van der Waals surface area contributed by atoms with Crippen molar-refractivity contribution in [1.29, 1.82) is 0 Å². The zero-order valence-electron chi connectivity index (χ0n) is 14.2. The molecule has 27 heavy (non-hydrogen) atoms. The molecule has 4 rings (SSSR count). The second-order valence-electron chi connectivity index (χ2n) is 6.24. The molecule has 0 unspecified atom stereocenters. The highest BCUT2D eigenvalue weighted by Gasteiger charge is 2.51. The van der Waals surface area contributed by atoms with Crippen LogP contribution in [0, 0.1) is 0 Å². The van der Waals surface area contributed by atoms with Gasteiger partial charge in [-0.15, -0.1) is 12.6 Å². The van der Waals surface area contributed by atoms with Crippen LogP contribution in [-0.4, -0.2) is 46.4 Å². The number of hydrogen-bond acceptors (Lipinski definition) is 7. The number of fused-ring (bicyclic) bond motifs is 1. The molecule has 0 bridgehead atoms. The van der Waals surface area contributed by atoms with Gasteiger partial charge in [0.05, 0.1) is 19.3 Å². The van der Waals surface area contributed by atoms with Gasteiger partial charge in [0.25, 0.3) is 11.8 Å². The highest BCUT2D eigenvalue weighted by atomic mass is 32.1. The Hall–Kier alpha value is -3.14. The van der Waals surface area contributed by atoms with Gasteiger partial charge in [0.1, 0.15) is 5.75 Å². The van der Waals surface area contributed by atoms with Crippen LogP contribution < -0.4 is 15.4 Å². The average Bonchev–Trinajstić information content (AvgIpc) is 3.11. The van der Waals surface area contributed by atoms with E-state index in [0.29, 0.717) is 17.9 Å². The maximum absolute atomic E-state index is 12.9. The predicted molar refractivity (Wildman–Crippen MR) is 95.4 cm³/mol. The molecule has 2 N–H and O–H groups in total. The summed E-state index contributed by atoms with van der Waals surface area (Å²) >= 11 is 4.10. The van der Waals surface area contributed by atoms with Crippen LogP contribution in [0.5, 0.6) is 5.75 Å². The summed E-state index contributed by atoms with van der Waals surface area (Å²) in [5.41, 5.74) is 0.0662. The van der Waals surface area contributed by atoms with E-state index in [1.807, 2.05) is 6.07 Å². The van der Waals surface area contributed by atoms with Gasteiger partial charge in [0.15, 0.2) is 10.7 Å². The zero-order valence-corrected chi connectivity index (χ0v) is 15.1. The minimum Gasteiger partial charge on any atom is -0.497 e. The standard InChI is InChI=1S/C17H15N5O4S/c1-26-10-3-2-9-7-22(13(23)11(9)6-10)8-17(14(24)20-15(25)21-17)12-4-5-18-16(27)19-12/h2-6H,7-8H2,1H3,(H,18,19,27)(H2,20,21,24,25)/t17-/m0/s1. The average molecular weight is 385 g/mol. The molecule has 1 atom stereocenters. The number of amides is 4. The first-order valence-corrected chi connectivity index (χ1v) is 8.50. The van der Waals surface area contributed by atoms with Gasteiger partial charge in [-0.05, 0) is 23.8 Å². The first-order valence-electron chi connectivity index (χ1n) is 8.05. The lowest BCUT2D eigenvalue weighted by atomic mass is 9.94. The molecular weight excluding hydrogens is 370 g/mol. The summed E-state index contributed by atoms with van der Waals surface area (Å²) < 4.78 is 5.17. The second-order valence-corrected chi connectivity index (χ2v) is 6.64. The van der Waals surface area contributed by atoms with Gasteiger partial charge in [-0.1, -0.05) is 6.07 Å². The highest BCUT2D eigenvalue weighted by molar-refractivity contribution is 7.80. The molecular formula is C17H15N5O4S. The minimum absolute atomic E-state index is 0.0787. The second kappa shape index (κ2) is 6.23. The molecule has 9 nitrogen and oxygen atoms in total. The largest absolute Gasteiger partial charge is 0.497 e. The third-order valence-electron chi connectivity index (χ3n) is 4.65. The molecule has 1 fully saturated rings. The van der Waals surface area contributed by atoms with Gasteiger partial charge >= 0.3 is 6.03 Å². The zero-order chi connectivity index (χ0) is 19.2. The molecule has 4 amide bonds. The Morgan fingerprint density at radius 1 is 1.30 bits per heavy atom. The van der Waals surface area contributed by atoms with E-state index in [1.54, 1.807) is 12.1 Å². The number of nitrogens with zero attached hydrogens (tertiary/aromatic N) is 3. The molecule has 1 saturated heterocycles. The van der Waals surface area contributed by atoms with Crippen molar-refractivity contribution in [3.05, 3.63) is 47.3 Å².